The molecule has 31 heavy (non-hydrogen) atoms. The lowest BCUT2D eigenvalue weighted by molar-refractivity contribution is -0.175. The van der Waals surface area contributed by atoms with Gasteiger partial charge in [0.2, 0.25) is 0 Å². The van der Waals surface area contributed by atoms with E-state index < -0.39 is 17.4 Å². The highest BCUT2D eigenvalue weighted by molar-refractivity contribution is 6.00. The average molecular weight is 441 g/mol. The van der Waals surface area contributed by atoms with Crippen molar-refractivity contribution in [2.75, 3.05) is 6.61 Å². The molecule has 0 amide bonds. The summed E-state index contributed by atoms with van der Waals surface area (Å²) in [5.74, 6) is -0.873. The van der Waals surface area contributed by atoms with E-state index in [-0.39, 0.29) is 6.10 Å². The Morgan fingerprint density at radius 2 is 1.00 bits per heavy atom. The van der Waals surface area contributed by atoms with E-state index in [0.717, 1.165) is 12.8 Å². The van der Waals surface area contributed by atoms with Gasteiger partial charge in [-0.25, -0.2) is 0 Å². The predicted molar refractivity (Wildman–Crippen MR) is 130 cm³/mol. The van der Waals surface area contributed by atoms with Gasteiger partial charge in [0.1, 0.15) is 0 Å². The van der Waals surface area contributed by atoms with Gasteiger partial charge in [-0.2, -0.15) is 0 Å². The minimum atomic E-state index is -1.15. The molecule has 0 unspecified atom stereocenters. The maximum atomic E-state index is 12.6. The average Bonchev–Trinajstić information content (AvgIpc) is 2.74. The highest BCUT2D eigenvalue weighted by Gasteiger charge is 2.46. The topological polar surface area (TPSA) is 52.6 Å². The monoisotopic (exact) mass is 440 g/mol. The van der Waals surface area contributed by atoms with Crippen LogP contribution in [0.15, 0.2) is 0 Å². The molecule has 0 fully saturated rings. The van der Waals surface area contributed by atoms with Crippen LogP contribution in [0.2, 0.25) is 0 Å². The summed E-state index contributed by atoms with van der Waals surface area (Å²) in [6.07, 6.45) is 20.2. The third kappa shape index (κ3) is 13.9. The first-order valence-corrected chi connectivity index (χ1v) is 13.3. The summed E-state index contributed by atoms with van der Waals surface area (Å²) in [7, 11) is 0. The largest absolute Gasteiger partial charge is 0.465 e. The Morgan fingerprint density at radius 1 is 0.613 bits per heavy atom. The number of esters is 2. The molecule has 0 N–H and O–H groups in total. The van der Waals surface area contributed by atoms with Crippen LogP contribution in [0.5, 0.6) is 0 Å². The summed E-state index contributed by atoms with van der Waals surface area (Å²) in [6, 6.07) is 0. The van der Waals surface area contributed by atoms with E-state index in [9.17, 15) is 9.59 Å². The second-order valence-corrected chi connectivity index (χ2v) is 9.33. The maximum Gasteiger partial charge on any atom is 0.323 e. The number of carbonyl (C=O) groups is 2. The van der Waals surface area contributed by atoms with Crippen LogP contribution in [-0.4, -0.2) is 24.6 Å². The van der Waals surface area contributed by atoms with Gasteiger partial charge in [0.15, 0.2) is 5.41 Å². The summed E-state index contributed by atoms with van der Waals surface area (Å²) in [5, 5.41) is 0. The van der Waals surface area contributed by atoms with E-state index in [1.807, 2.05) is 13.8 Å². The van der Waals surface area contributed by atoms with E-state index in [1.165, 1.54) is 83.5 Å². The molecule has 0 aromatic heterocycles. The Bertz CT molecular complexity index is 441. The Kier molecular flexibility index (Phi) is 18.9. The van der Waals surface area contributed by atoms with Gasteiger partial charge in [0.25, 0.3) is 0 Å². The van der Waals surface area contributed by atoms with Gasteiger partial charge in [-0.1, -0.05) is 111 Å². The highest BCUT2D eigenvalue weighted by atomic mass is 16.6. The zero-order valence-corrected chi connectivity index (χ0v) is 21.4. The SMILES string of the molecule is CCCCCCCCCCCCCCCCCOC(=O)C(CC)(CC)C(=O)OC(C)C. The molecule has 4 nitrogen and oxygen atoms in total. The van der Waals surface area contributed by atoms with Crippen molar-refractivity contribution in [3.05, 3.63) is 0 Å². The van der Waals surface area contributed by atoms with Gasteiger partial charge in [-0.05, 0) is 33.1 Å². The van der Waals surface area contributed by atoms with Crippen molar-refractivity contribution in [2.24, 2.45) is 5.41 Å². The molecule has 184 valence electrons. The van der Waals surface area contributed by atoms with Crippen LogP contribution in [0.3, 0.4) is 0 Å². The van der Waals surface area contributed by atoms with Crippen molar-refractivity contribution in [1.29, 1.82) is 0 Å². The van der Waals surface area contributed by atoms with E-state index in [2.05, 4.69) is 6.92 Å². The molecule has 0 radical (unpaired) electrons. The van der Waals surface area contributed by atoms with Gasteiger partial charge < -0.3 is 9.47 Å². The third-order valence-electron chi connectivity index (χ3n) is 6.31. The standard InChI is InChI=1S/C27H52O4/c1-6-9-10-11-12-13-14-15-16-17-18-19-20-21-22-23-30-25(28)27(7-2,8-3)26(29)31-24(4)5/h24H,6-23H2,1-5H3. The summed E-state index contributed by atoms with van der Waals surface area (Å²) in [5.41, 5.74) is -1.15. The Balaban J connectivity index is 3.70. The van der Waals surface area contributed by atoms with Crippen molar-refractivity contribution in [3.8, 4) is 0 Å². The van der Waals surface area contributed by atoms with Crippen LogP contribution in [0, 0.1) is 5.41 Å². The second kappa shape index (κ2) is 19.6. The van der Waals surface area contributed by atoms with Gasteiger partial charge in [0.05, 0.1) is 12.7 Å². The van der Waals surface area contributed by atoms with Gasteiger partial charge in [0, 0.05) is 0 Å². The number of hydrogen-bond donors (Lipinski definition) is 0. The molecule has 0 heterocycles. The fourth-order valence-corrected chi connectivity index (χ4v) is 4.01. The minimum Gasteiger partial charge on any atom is -0.465 e. The molecule has 0 saturated carbocycles. The predicted octanol–water partition coefficient (Wildman–Crippen LogP) is 8.16. The summed E-state index contributed by atoms with van der Waals surface area (Å²) in [6.45, 7) is 9.96. The van der Waals surface area contributed by atoms with E-state index >= 15 is 0 Å². The maximum absolute atomic E-state index is 12.6. The zero-order valence-electron chi connectivity index (χ0n) is 21.4. The van der Waals surface area contributed by atoms with E-state index in [1.54, 1.807) is 13.8 Å². The Labute approximate surface area is 193 Å². The van der Waals surface area contributed by atoms with Crippen LogP contribution in [0.4, 0.5) is 0 Å². The lowest BCUT2D eigenvalue weighted by atomic mass is 9.82. The van der Waals surface area contributed by atoms with Crippen molar-refractivity contribution in [1.82, 2.24) is 0 Å². The first-order valence-electron chi connectivity index (χ1n) is 13.3. The first kappa shape index (κ1) is 29.9. The fraction of sp³-hybridized carbons (Fsp3) is 0.926. The van der Waals surface area contributed by atoms with Crippen molar-refractivity contribution in [3.63, 3.8) is 0 Å². The van der Waals surface area contributed by atoms with Crippen molar-refractivity contribution < 1.29 is 19.1 Å². The molecule has 0 aliphatic rings. The van der Waals surface area contributed by atoms with Crippen molar-refractivity contribution in [2.45, 2.75) is 150 Å². The lowest BCUT2D eigenvalue weighted by Crippen LogP contribution is -2.42. The molecule has 4 heteroatoms. The number of hydrogen-bond acceptors (Lipinski definition) is 4. The molecule has 0 bridgehead atoms. The van der Waals surface area contributed by atoms with Crippen LogP contribution in [0.1, 0.15) is 144 Å². The van der Waals surface area contributed by atoms with Crippen LogP contribution in [-0.2, 0) is 19.1 Å². The molecule has 0 atom stereocenters. The molecular weight excluding hydrogens is 388 g/mol. The second-order valence-electron chi connectivity index (χ2n) is 9.33. The van der Waals surface area contributed by atoms with Crippen LogP contribution < -0.4 is 0 Å². The summed E-state index contributed by atoms with van der Waals surface area (Å²) < 4.78 is 10.8. The summed E-state index contributed by atoms with van der Waals surface area (Å²) >= 11 is 0. The molecule has 0 rings (SSSR count). The normalized spacial score (nSPS) is 11.7. The van der Waals surface area contributed by atoms with Crippen LogP contribution in [0.25, 0.3) is 0 Å². The molecule has 0 aromatic carbocycles. The fourth-order valence-electron chi connectivity index (χ4n) is 4.01. The number of ether oxygens (including phenoxy) is 2. The molecular formula is C27H52O4. The lowest BCUT2D eigenvalue weighted by Gasteiger charge is -2.27. The third-order valence-corrected chi connectivity index (χ3v) is 6.31. The molecule has 0 aliphatic heterocycles. The van der Waals surface area contributed by atoms with Gasteiger partial charge in [-0.3, -0.25) is 9.59 Å². The molecule has 0 saturated heterocycles. The molecule has 0 aliphatic carbocycles. The van der Waals surface area contributed by atoms with Crippen molar-refractivity contribution >= 4 is 11.9 Å². The molecule has 0 spiro atoms. The Morgan fingerprint density at radius 3 is 1.35 bits per heavy atom. The quantitative estimate of drug-likeness (QED) is 0.103. The van der Waals surface area contributed by atoms with Crippen LogP contribution >= 0.6 is 0 Å². The van der Waals surface area contributed by atoms with E-state index in [0.29, 0.717) is 19.4 Å². The smallest absolute Gasteiger partial charge is 0.323 e. The summed E-state index contributed by atoms with van der Waals surface area (Å²) in [4.78, 5) is 25.0. The number of carbonyl (C=O) groups excluding carboxylic acids is 2. The van der Waals surface area contributed by atoms with Gasteiger partial charge in [-0.15, -0.1) is 0 Å². The number of unbranched alkanes of at least 4 members (excludes halogenated alkanes) is 14. The first-order chi connectivity index (χ1) is 14.9. The number of rotatable bonds is 21. The Hall–Kier alpha value is -1.06. The van der Waals surface area contributed by atoms with Gasteiger partial charge >= 0.3 is 11.9 Å². The highest BCUT2D eigenvalue weighted by Crippen LogP contribution is 2.30. The molecule has 0 aromatic rings. The zero-order chi connectivity index (χ0) is 23.4. The minimum absolute atomic E-state index is 0.228. The van der Waals surface area contributed by atoms with E-state index in [4.69, 9.17) is 9.47 Å².